The highest BCUT2D eigenvalue weighted by Crippen LogP contribution is 2.27. The maximum Gasteiger partial charge on any atom is 0.167 e. The molecule has 0 spiro atoms. The van der Waals surface area contributed by atoms with Crippen LogP contribution >= 0.6 is 11.7 Å². The van der Waals surface area contributed by atoms with E-state index in [-0.39, 0.29) is 0 Å². The van der Waals surface area contributed by atoms with Gasteiger partial charge in [-0.2, -0.15) is 8.75 Å². The molecule has 0 atom stereocenters. The number of hydrogen-bond donors (Lipinski definition) is 1. The standard InChI is InChI=1S/C12H10N4S/c1-13-12-11(15-17-16-12)9-6-8-4-2-3-5-10(8)14-7-9/h2-7H,1H3,(H,13,16). The van der Waals surface area contributed by atoms with Crippen LogP contribution in [0.5, 0.6) is 0 Å². The molecular weight excluding hydrogens is 232 g/mol. The first-order chi connectivity index (χ1) is 8.38. The zero-order valence-electron chi connectivity index (χ0n) is 9.21. The number of rotatable bonds is 2. The number of para-hydroxylation sites is 1. The van der Waals surface area contributed by atoms with E-state index in [1.54, 1.807) is 0 Å². The lowest BCUT2D eigenvalue weighted by Gasteiger charge is -2.02. The molecule has 2 heterocycles. The van der Waals surface area contributed by atoms with Crippen LogP contribution in [0.1, 0.15) is 0 Å². The Morgan fingerprint density at radius 2 is 2.06 bits per heavy atom. The lowest BCUT2D eigenvalue weighted by Crippen LogP contribution is -1.91. The zero-order chi connectivity index (χ0) is 11.7. The molecule has 0 aliphatic heterocycles. The van der Waals surface area contributed by atoms with Gasteiger partial charge in [0, 0.05) is 24.2 Å². The summed E-state index contributed by atoms with van der Waals surface area (Å²) >= 11 is 1.20. The molecule has 0 radical (unpaired) electrons. The summed E-state index contributed by atoms with van der Waals surface area (Å²) in [7, 11) is 1.84. The van der Waals surface area contributed by atoms with Crippen molar-refractivity contribution in [1.82, 2.24) is 13.7 Å². The smallest absolute Gasteiger partial charge is 0.167 e. The van der Waals surface area contributed by atoms with Gasteiger partial charge < -0.3 is 5.32 Å². The molecule has 2 aromatic heterocycles. The van der Waals surface area contributed by atoms with E-state index < -0.39 is 0 Å². The van der Waals surface area contributed by atoms with Gasteiger partial charge in [-0.15, -0.1) is 0 Å². The zero-order valence-corrected chi connectivity index (χ0v) is 10.0. The van der Waals surface area contributed by atoms with E-state index in [2.05, 4.69) is 25.1 Å². The highest BCUT2D eigenvalue weighted by molar-refractivity contribution is 6.99. The first-order valence-electron chi connectivity index (χ1n) is 5.24. The van der Waals surface area contributed by atoms with Crippen LogP contribution in [0, 0.1) is 0 Å². The Morgan fingerprint density at radius 1 is 1.18 bits per heavy atom. The Bertz CT molecular complexity index is 662. The molecule has 0 bridgehead atoms. The van der Waals surface area contributed by atoms with Crippen molar-refractivity contribution in [3.05, 3.63) is 36.5 Å². The van der Waals surface area contributed by atoms with Gasteiger partial charge in [0.2, 0.25) is 0 Å². The molecule has 0 aliphatic rings. The first kappa shape index (κ1) is 10.2. The van der Waals surface area contributed by atoms with Crippen LogP contribution in [0.3, 0.4) is 0 Å². The fourth-order valence-electron chi connectivity index (χ4n) is 1.74. The number of benzene rings is 1. The van der Waals surface area contributed by atoms with Gasteiger partial charge in [-0.25, -0.2) is 0 Å². The minimum Gasteiger partial charge on any atom is -0.370 e. The van der Waals surface area contributed by atoms with Gasteiger partial charge in [0.15, 0.2) is 5.82 Å². The Balaban J connectivity index is 2.18. The third-order valence-electron chi connectivity index (χ3n) is 2.59. The molecule has 17 heavy (non-hydrogen) atoms. The van der Waals surface area contributed by atoms with Gasteiger partial charge in [-0.3, -0.25) is 4.98 Å². The van der Waals surface area contributed by atoms with E-state index in [4.69, 9.17) is 0 Å². The van der Waals surface area contributed by atoms with Crippen LogP contribution in [0.4, 0.5) is 5.82 Å². The van der Waals surface area contributed by atoms with E-state index in [9.17, 15) is 0 Å². The van der Waals surface area contributed by atoms with Gasteiger partial charge in [0.25, 0.3) is 0 Å². The highest BCUT2D eigenvalue weighted by Gasteiger charge is 2.09. The van der Waals surface area contributed by atoms with Gasteiger partial charge in [-0.05, 0) is 12.1 Å². The van der Waals surface area contributed by atoms with E-state index in [0.717, 1.165) is 28.0 Å². The van der Waals surface area contributed by atoms with Crippen LogP contribution in [0.15, 0.2) is 36.5 Å². The second-order valence-corrected chi connectivity index (χ2v) is 4.16. The van der Waals surface area contributed by atoms with E-state index in [1.807, 2.05) is 37.5 Å². The molecule has 0 amide bonds. The molecule has 0 saturated heterocycles. The number of nitrogens with one attached hydrogen (secondary N) is 1. The lowest BCUT2D eigenvalue weighted by molar-refractivity contribution is 1.37. The van der Waals surface area contributed by atoms with Gasteiger partial charge in [0.1, 0.15) is 5.69 Å². The molecule has 0 fully saturated rings. The van der Waals surface area contributed by atoms with Gasteiger partial charge in [0.05, 0.1) is 17.2 Å². The number of anilines is 1. The number of aromatic nitrogens is 3. The summed E-state index contributed by atoms with van der Waals surface area (Å²) in [5.74, 6) is 0.798. The van der Waals surface area contributed by atoms with E-state index >= 15 is 0 Å². The predicted molar refractivity (Wildman–Crippen MR) is 70.2 cm³/mol. The third-order valence-corrected chi connectivity index (χ3v) is 3.12. The Labute approximate surface area is 103 Å². The molecule has 0 saturated carbocycles. The summed E-state index contributed by atoms with van der Waals surface area (Å²) in [6, 6.07) is 10.1. The van der Waals surface area contributed by atoms with Crippen molar-refractivity contribution in [1.29, 1.82) is 0 Å². The van der Waals surface area contributed by atoms with Crippen LogP contribution in [0.2, 0.25) is 0 Å². The van der Waals surface area contributed by atoms with Crippen molar-refractivity contribution in [3.63, 3.8) is 0 Å². The number of pyridine rings is 1. The topological polar surface area (TPSA) is 50.7 Å². The molecule has 0 aliphatic carbocycles. The largest absolute Gasteiger partial charge is 0.370 e. The highest BCUT2D eigenvalue weighted by atomic mass is 32.1. The summed E-state index contributed by atoms with van der Waals surface area (Å²) in [6.45, 7) is 0. The number of nitrogens with zero attached hydrogens (tertiary/aromatic N) is 3. The SMILES string of the molecule is CNc1nsnc1-c1cnc2ccccc2c1. The second-order valence-electron chi connectivity index (χ2n) is 3.63. The average molecular weight is 242 g/mol. The molecular formula is C12H10N4S. The maximum absolute atomic E-state index is 4.42. The van der Waals surface area contributed by atoms with Crippen LogP contribution in [-0.2, 0) is 0 Å². The van der Waals surface area contributed by atoms with Crippen LogP contribution < -0.4 is 5.32 Å². The third kappa shape index (κ3) is 1.74. The fraction of sp³-hybridized carbons (Fsp3) is 0.0833. The molecule has 0 unspecified atom stereocenters. The molecule has 5 heteroatoms. The van der Waals surface area contributed by atoms with Crippen molar-refractivity contribution in [2.75, 3.05) is 12.4 Å². The maximum atomic E-state index is 4.42. The summed E-state index contributed by atoms with van der Waals surface area (Å²) in [5, 5.41) is 4.14. The molecule has 4 nitrogen and oxygen atoms in total. The molecule has 1 aromatic carbocycles. The second kappa shape index (κ2) is 4.10. The Morgan fingerprint density at radius 3 is 2.94 bits per heavy atom. The summed E-state index contributed by atoms with van der Waals surface area (Å²) in [4.78, 5) is 4.42. The Kier molecular flexibility index (Phi) is 2.45. The van der Waals surface area contributed by atoms with Crippen molar-refractivity contribution < 1.29 is 0 Å². The Hall–Kier alpha value is -2.01. The summed E-state index contributed by atoms with van der Waals surface area (Å²) < 4.78 is 8.47. The minimum absolute atomic E-state index is 0.798. The van der Waals surface area contributed by atoms with Crippen molar-refractivity contribution >= 4 is 28.4 Å². The van der Waals surface area contributed by atoms with E-state index in [1.165, 1.54) is 11.7 Å². The van der Waals surface area contributed by atoms with E-state index in [0.29, 0.717) is 0 Å². The average Bonchev–Trinajstić information content (AvgIpc) is 2.86. The monoisotopic (exact) mass is 242 g/mol. The van der Waals surface area contributed by atoms with Crippen molar-refractivity contribution in [2.24, 2.45) is 0 Å². The van der Waals surface area contributed by atoms with Crippen LogP contribution in [-0.4, -0.2) is 20.8 Å². The normalized spacial score (nSPS) is 10.6. The van der Waals surface area contributed by atoms with Crippen molar-refractivity contribution in [2.45, 2.75) is 0 Å². The number of hydrogen-bond acceptors (Lipinski definition) is 5. The molecule has 1 N–H and O–H groups in total. The number of fused-ring (bicyclic) bond motifs is 1. The predicted octanol–water partition coefficient (Wildman–Crippen LogP) is 2.80. The lowest BCUT2D eigenvalue weighted by atomic mass is 10.1. The molecule has 84 valence electrons. The summed E-state index contributed by atoms with van der Waals surface area (Å²) in [5.41, 5.74) is 2.84. The quantitative estimate of drug-likeness (QED) is 0.750. The first-order valence-corrected chi connectivity index (χ1v) is 5.97. The summed E-state index contributed by atoms with van der Waals surface area (Å²) in [6.07, 6.45) is 1.83. The molecule has 3 aromatic rings. The molecule has 3 rings (SSSR count). The van der Waals surface area contributed by atoms with Gasteiger partial charge >= 0.3 is 0 Å². The van der Waals surface area contributed by atoms with Crippen LogP contribution in [0.25, 0.3) is 22.2 Å². The van der Waals surface area contributed by atoms with Crippen molar-refractivity contribution in [3.8, 4) is 11.3 Å². The van der Waals surface area contributed by atoms with Gasteiger partial charge in [-0.1, -0.05) is 18.2 Å². The fourth-order valence-corrected chi connectivity index (χ4v) is 2.32. The minimum atomic E-state index is 0.798.